The maximum Gasteiger partial charge on any atom is 0.255 e. The van der Waals surface area contributed by atoms with Crippen LogP contribution in [0.5, 0.6) is 5.75 Å². The second-order valence-electron chi connectivity index (χ2n) is 8.27. The standard InChI is InChI=1S/C26H28N2O3/c1-5-31-23-15-11-19(12-16-23)25(30)28-22-8-6-7-21(17-22)27-24(29)18-9-13-20(14-10-18)26(2,3)4/h6-17H,5H2,1-4H3,(H,27,29)(H,28,30). The van der Waals surface area contributed by atoms with Crippen LogP contribution < -0.4 is 15.4 Å². The van der Waals surface area contributed by atoms with Crippen molar-refractivity contribution in [2.75, 3.05) is 17.2 Å². The molecule has 0 atom stereocenters. The maximum absolute atomic E-state index is 12.6. The molecule has 160 valence electrons. The van der Waals surface area contributed by atoms with Crippen LogP contribution in [0.15, 0.2) is 72.8 Å². The van der Waals surface area contributed by atoms with Crippen molar-refractivity contribution in [1.82, 2.24) is 0 Å². The average molecular weight is 417 g/mol. The van der Waals surface area contributed by atoms with Gasteiger partial charge in [-0.2, -0.15) is 0 Å². The van der Waals surface area contributed by atoms with Gasteiger partial charge in [0.15, 0.2) is 0 Å². The molecule has 0 unspecified atom stereocenters. The Morgan fingerprint density at radius 1 is 0.774 bits per heavy atom. The first-order valence-electron chi connectivity index (χ1n) is 10.3. The number of hydrogen-bond donors (Lipinski definition) is 2. The molecule has 2 amide bonds. The molecule has 3 aromatic rings. The molecule has 31 heavy (non-hydrogen) atoms. The van der Waals surface area contributed by atoms with Crippen LogP contribution in [0.2, 0.25) is 0 Å². The molecule has 0 aliphatic heterocycles. The van der Waals surface area contributed by atoms with Gasteiger partial charge in [-0.05, 0) is 72.5 Å². The van der Waals surface area contributed by atoms with E-state index in [1.165, 1.54) is 5.56 Å². The van der Waals surface area contributed by atoms with Gasteiger partial charge in [0, 0.05) is 22.5 Å². The van der Waals surface area contributed by atoms with E-state index in [1.807, 2.05) is 31.2 Å². The SMILES string of the molecule is CCOc1ccc(C(=O)Nc2cccc(NC(=O)c3ccc(C(C)(C)C)cc3)c2)cc1. The Kier molecular flexibility index (Phi) is 6.75. The van der Waals surface area contributed by atoms with Gasteiger partial charge < -0.3 is 15.4 Å². The average Bonchev–Trinajstić information content (AvgIpc) is 2.74. The summed E-state index contributed by atoms with van der Waals surface area (Å²) in [6, 6.07) is 21.6. The highest BCUT2D eigenvalue weighted by Crippen LogP contribution is 2.23. The van der Waals surface area contributed by atoms with E-state index in [2.05, 4.69) is 31.4 Å². The van der Waals surface area contributed by atoms with Gasteiger partial charge in [0.05, 0.1) is 6.61 Å². The Morgan fingerprint density at radius 3 is 1.71 bits per heavy atom. The first kappa shape index (κ1) is 22.1. The zero-order valence-electron chi connectivity index (χ0n) is 18.4. The van der Waals surface area contributed by atoms with E-state index < -0.39 is 0 Å². The van der Waals surface area contributed by atoms with Crippen LogP contribution in [0.4, 0.5) is 11.4 Å². The summed E-state index contributed by atoms with van der Waals surface area (Å²) in [6.45, 7) is 8.89. The van der Waals surface area contributed by atoms with Gasteiger partial charge in [-0.3, -0.25) is 9.59 Å². The molecular formula is C26H28N2O3. The van der Waals surface area contributed by atoms with Gasteiger partial charge in [0.1, 0.15) is 5.75 Å². The molecule has 0 aliphatic rings. The highest BCUT2D eigenvalue weighted by molar-refractivity contribution is 6.06. The second kappa shape index (κ2) is 9.47. The van der Waals surface area contributed by atoms with Gasteiger partial charge in [0.25, 0.3) is 11.8 Å². The van der Waals surface area contributed by atoms with Crippen LogP contribution in [0.25, 0.3) is 0 Å². The van der Waals surface area contributed by atoms with E-state index in [-0.39, 0.29) is 17.2 Å². The molecule has 3 aromatic carbocycles. The summed E-state index contributed by atoms with van der Waals surface area (Å²) in [4.78, 5) is 25.1. The number of hydrogen-bond acceptors (Lipinski definition) is 3. The van der Waals surface area contributed by atoms with Crippen LogP contribution in [0.3, 0.4) is 0 Å². The third-order valence-electron chi connectivity index (χ3n) is 4.82. The minimum atomic E-state index is -0.232. The quantitative estimate of drug-likeness (QED) is 0.527. The van der Waals surface area contributed by atoms with Gasteiger partial charge in [-0.25, -0.2) is 0 Å². The lowest BCUT2D eigenvalue weighted by Gasteiger charge is -2.19. The minimum Gasteiger partial charge on any atom is -0.494 e. The molecule has 0 radical (unpaired) electrons. The smallest absolute Gasteiger partial charge is 0.255 e. The Labute approximate surface area is 183 Å². The molecule has 0 heterocycles. The fourth-order valence-electron chi connectivity index (χ4n) is 3.07. The lowest BCUT2D eigenvalue weighted by molar-refractivity contribution is 0.101. The van der Waals surface area contributed by atoms with Gasteiger partial charge in [-0.15, -0.1) is 0 Å². The molecular weight excluding hydrogens is 388 g/mol. The number of anilines is 2. The predicted molar refractivity (Wildman–Crippen MR) is 125 cm³/mol. The molecule has 3 rings (SSSR count). The molecule has 0 saturated heterocycles. The van der Waals surface area contributed by atoms with Crippen LogP contribution in [0.1, 0.15) is 54.0 Å². The second-order valence-corrected chi connectivity index (χ2v) is 8.27. The number of benzene rings is 3. The topological polar surface area (TPSA) is 67.4 Å². The Balaban J connectivity index is 1.65. The summed E-state index contributed by atoms with van der Waals surface area (Å²) >= 11 is 0. The third-order valence-corrected chi connectivity index (χ3v) is 4.82. The van der Waals surface area contributed by atoms with E-state index >= 15 is 0 Å². The molecule has 0 aromatic heterocycles. The molecule has 0 fully saturated rings. The van der Waals surface area contributed by atoms with Crippen LogP contribution in [-0.4, -0.2) is 18.4 Å². The monoisotopic (exact) mass is 416 g/mol. The van der Waals surface area contributed by atoms with Crippen molar-refractivity contribution in [1.29, 1.82) is 0 Å². The summed E-state index contributed by atoms with van der Waals surface area (Å²) in [5.41, 5.74) is 3.51. The normalized spacial score (nSPS) is 11.0. The van der Waals surface area contributed by atoms with Crippen molar-refractivity contribution in [3.05, 3.63) is 89.5 Å². The van der Waals surface area contributed by atoms with Gasteiger partial charge in [-0.1, -0.05) is 39.0 Å². The first-order chi connectivity index (χ1) is 14.8. The third kappa shape index (κ3) is 5.95. The number of nitrogens with one attached hydrogen (secondary N) is 2. The van der Waals surface area contributed by atoms with Crippen molar-refractivity contribution < 1.29 is 14.3 Å². The van der Waals surface area contributed by atoms with Crippen molar-refractivity contribution in [2.45, 2.75) is 33.1 Å². The zero-order valence-corrected chi connectivity index (χ0v) is 18.4. The zero-order chi connectivity index (χ0) is 22.4. The predicted octanol–water partition coefficient (Wildman–Crippen LogP) is 5.89. The molecule has 5 nitrogen and oxygen atoms in total. The largest absolute Gasteiger partial charge is 0.494 e. The summed E-state index contributed by atoms with van der Waals surface area (Å²) in [5, 5.41) is 5.74. The van der Waals surface area contributed by atoms with Crippen LogP contribution >= 0.6 is 0 Å². The lowest BCUT2D eigenvalue weighted by atomic mass is 9.87. The summed E-state index contributed by atoms with van der Waals surface area (Å²) < 4.78 is 5.40. The first-order valence-corrected chi connectivity index (χ1v) is 10.3. The highest BCUT2D eigenvalue weighted by atomic mass is 16.5. The fraction of sp³-hybridized carbons (Fsp3) is 0.231. The van der Waals surface area contributed by atoms with E-state index in [1.54, 1.807) is 48.5 Å². The number of ether oxygens (including phenoxy) is 1. The van der Waals surface area contributed by atoms with E-state index in [4.69, 9.17) is 4.74 Å². The van der Waals surface area contributed by atoms with Crippen molar-refractivity contribution in [3.63, 3.8) is 0 Å². The van der Waals surface area contributed by atoms with Crippen molar-refractivity contribution >= 4 is 23.2 Å². The molecule has 2 N–H and O–H groups in total. The van der Waals surface area contributed by atoms with Gasteiger partial charge in [0.2, 0.25) is 0 Å². The lowest BCUT2D eigenvalue weighted by Crippen LogP contribution is -2.15. The minimum absolute atomic E-state index is 0.0326. The number of amides is 2. The molecule has 5 heteroatoms. The molecule has 0 saturated carbocycles. The van der Waals surface area contributed by atoms with E-state index in [0.717, 1.165) is 5.75 Å². The van der Waals surface area contributed by atoms with Crippen LogP contribution in [-0.2, 0) is 5.41 Å². The van der Waals surface area contributed by atoms with E-state index in [0.29, 0.717) is 29.1 Å². The molecule has 0 spiro atoms. The van der Waals surface area contributed by atoms with Crippen molar-refractivity contribution in [2.24, 2.45) is 0 Å². The number of rotatable bonds is 6. The van der Waals surface area contributed by atoms with E-state index in [9.17, 15) is 9.59 Å². The summed E-state index contributed by atoms with van der Waals surface area (Å²) in [6.07, 6.45) is 0. The van der Waals surface area contributed by atoms with Crippen LogP contribution in [0, 0.1) is 0 Å². The Morgan fingerprint density at radius 2 is 1.26 bits per heavy atom. The number of carbonyl (C=O) groups excluding carboxylic acids is 2. The van der Waals surface area contributed by atoms with Crippen molar-refractivity contribution in [3.8, 4) is 5.75 Å². The highest BCUT2D eigenvalue weighted by Gasteiger charge is 2.14. The number of carbonyl (C=O) groups is 2. The van der Waals surface area contributed by atoms with Gasteiger partial charge >= 0.3 is 0 Å². The summed E-state index contributed by atoms with van der Waals surface area (Å²) in [7, 11) is 0. The maximum atomic E-state index is 12.6. The Bertz CT molecular complexity index is 1050. The fourth-order valence-corrected chi connectivity index (χ4v) is 3.07. The summed E-state index contributed by atoms with van der Waals surface area (Å²) in [5.74, 6) is 0.291. The Hall–Kier alpha value is -3.60. The molecule has 0 aliphatic carbocycles. The molecule has 0 bridgehead atoms.